The number of ether oxygens (including phenoxy) is 1. The second kappa shape index (κ2) is 9.30. The first kappa shape index (κ1) is 13.7. The van der Waals surface area contributed by atoms with Gasteiger partial charge in [-0.1, -0.05) is 0 Å². The van der Waals surface area contributed by atoms with Crippen LogP contribution in [0.25, 0.3) is 0 Å². The zero-order valence-corrected chi connectivity index (χ0v) is 9.68. The molecule has 1 N–H and O–H groups in total. The van der Waals surface area contributed by atoms with Crippen molar-refractivity contribution < 1.29 is 14.6 Å². The summed E-state index contributed by atoms with van der Waals surface area (Å²) in [6, 6.07) is 0. The molecular formula is C9H19NO3S. The van der Waals surface area contributed by atoms with Gasteiger partial charge in [-0.3, -0.25) is 9.69 Å². The Bertz CT molecular complexity index is 155. The second-order valence-electron chi connectivity index (χ2n) is 3.01. The van der Waals surface area contributed by atoms with Gasteiger partial charge in [-0.05, 0) is 25.0 Å². The summed E-state index contributed by atoms with van der Waals surface area (Å²) in [4.78, 5) is 12.4. The van der Waals surface area contributed by atoms with Gasteiger partial charge in [-0.25, -0.2) is 0 Å². The Hall–Kier alpha value is -0.260. The molecule has 0 aromatic rings. The molecule has 0 radical (unpaired) electrons. The molecule has 0 heterocycles. The first-order chi connectivity index (χ1) is 6.70. The highest BCUT2D eigenvalue weighted by Crippen LogP contribution is 1.98. The minimum atomic E-state index is -0.773. The average Bonchev–Trinajstić information content (AvgIpc) is 2.13. The molecule has 0 unspecified atom stereocenters. The Morgan fingerprint density at radius 1 is 1.50 bits per heavy atom. The van der Waals surface area contributed by atoms with Gasteiger partial charge in [0.15, 0.2) is 0 Å². The minimum absolute atomic E-state index is 0.109. The molecule has 0 atom stereocenters. The summed E-state index contributed by atoms with van der Waals surface area (Å²) in [5, 5.41) is 8.65. The number of aliphatic carboxylic acids is 1. The van der Waals surface area contributed by atoms with Crippen LogP contribution in [0.2, 0.25) is 0 Å². The standard InChI is InChI=1S/C9H19NO3S/c1-13-6-5-10(8-9(11)12)4-3-7-14-2/h3-8H2,1-2H3,(H,11,12). The zero-order chi connectivity index (χ0) is 10.8. The molecule has 0 aliphatic rings. The van der Waals surface area contributed by atoms with Gasteiger partial charge in [0.05, 0.1) is 13.2 Å². The highest BCUT2D eigenvalue weighted by Gasteiger charge is 2.08. The number of methoxy groups -OCH3 is 1. The van der Waals surface area contributed by atoms with E-state index >= 15 is 0 Å². The van der Waals surface area contributed by atoms with Crippen molar-refractivity contribution in [2.45, 2.75) is 6.42 Å². The van der Waals surface area contributed by atoms with Crippen molar-refractivity contribution in [2.75, 3.05) is 45.4 Å². The third-order valence-corrected chi connectivity index (χ3v) is 2.49. The Kier molecular flexibility index (Phi) is 9.13. The lowest BCUT2D eigenvalue weighted by Gasteiger charge is -2.19. The predicted octanol–water partition coefficient (Wildman–Crippen LogP) is 0.772. The van der Waals surface area contributed by atoms with Crippen molar-refractivity contribution in [3.8, 4) is 0 Å². The quantitative estimate of drug-likeness (QED) is 0.583. The van der Waals surface area contributed by atoms with Gasteiger partial charge >= 0.3 is 5.97 Å². The van der Waals surface area contributed by atoms with E-state index in [0.29, 0.717) is 13.2 Å². The van der Waals surface area contributed by atoms with E-state index in [1.807, 2.05) is 4.90 Å². The Morgan fingerprint density at radius 2 is 2.21 bits per heavy atom. The molecular weight excluding hydrogens is 202 g/mol. The van der Waals surface area contributed by atoms with Crippen LogP contribution in [0.3, 0.4) is 0 Å². The van der Waals surface area contributed by atoms with Gasteiger partial charge in [0, 0.05) is 13.7 Å². The number of carbonyl (C=O) groups is 1. The van der Waals surface area contributed by atoms with E-state index in [4.69, 9.17) is 9.84 Å². The Balaban J connectivity index is 3.66. The smallest absolute Gasteiger partial charge is 0.317 e. The molecule has 4 nitrogen and oxygen atoms in total. The van der Waals surface area contributed by atoms with Gasteiger partial charge in [-0.15, -0.1) is 0 Å². The summed E-state index contributed by atoms with van der Waals surface area (Å²) in [5.74, 6) is 0.300. The van der Waals surface area contributed by atoms with Crippen molar-refractivity contribution in [1.29, 1.82) is 0 Å². The van der Waals surface area contributed by atoms with E-state index < -0.39 is 5.97 Å². The third-order valence-electron chi connectivity index (χ3n) is 1.79. The van der Waals surface area contributed by atoms with E-state index in [2.05, 4.69) is 6.26 Å². The number of nitrogens with zero attached hydrogens (tertiary/aromatic N) is 1. The molecule has 14 heavy (non-hydrogen) atoms. The van der Waals surface area contributed by atoms with Crippen LogP contribution < -0.4 is 0 Å². The molecule has 0 bridgehead atoms. The topological polar surface area (TPSA) is 49.8 Å². The fraction of sp³-hybridized carbons (Fsp3) is 0.889. The molecule has 84 valence electrons. The number of carboxylic acid groups (broad SMARTS) is 1. The maximum absolute atomic E-state index is 10.5. The first-order valence-electron chi connectivity index (χ1n) is 4.62. The molecule has 0 aromatic carbocycles. The van der Waals surface area contributed by atoms with Crippen LogP contribution in [-0.2, 0) is 9.53 Å². The molecule has 0 saturated heterocycles. The number of hydrogen-bond acceptors (Lipinski definition) is 4. The van der Waals surface area contributed by atoms with Crippen molar-refractivity contribution in [2.24, 2.45) is 0 Å². The lowest BCUT2D eigenvalue weighted by Crippen LogP contribution is -2.33. The number of thioether (sulfide) groups is 1. The van der Waals surface area contributed by atoms with Crippen LogP contribution in [0.4, 0.5) is 0 Å². The van der Waals surface area contributed by atoms with E-state index in [1.165, 1.54) is 0 Å². The summed E-state index contributed by atoms with van der Waals surface area (Å²) in [5.41, 5.74) is 0. The summed E-state index contributed by atoms with van der Waals surface area (Å²) in [6.07, 6.45) is 3.08. The van der Waals surface area contributed by atoms with Crippen molar-refractivity contribution in [1.82, 2.24) is 4.90 Å². The molecule has 0 aliphatic heterocycles. The minimum Gasteiger partial charge on any atom is -0.480 e. The van der Waals surface area contributed by atoms with Crippen molar-refractivity contribution >= 4 is 17.7 Å². The van der Waals surface area contributed by atoms with Crippen LogP contribution in [0.5, 0.6) is 0 Å². The van der Waals surface area contributed by atoms with Crippen molar-refractivity contribution in [3.63, 3.8) is 0 Å². The number of carboxylic acids is 1. The molecule has 0 saturated carbocycles. The monoisotopic (exact) mass is 221 g/mol. The third kappa shape index (κ3) is 8.34. The van der Waals surface area contributed by atoms with Crippen LogP contribution >= 0.6 is 11.8 Å². The van der Waals surface area contributed by atoms with Crippen LogP contribution in [0.1, 0.15) is 6.42 Å². The summed E-state index contributed by atoms with van der Waals surface area (Å²) in [7, 11) is 1.63. The van der Waals surface area contributed by atoms with Gasteiger partial charge in [0.1, 0.15) is 0 Å². The molecule has 0 aliphatic carbocycles. The molecule has 5 heteroatoms. The number of hydrogen-bond donors (Lipinski definition) is 1. The van der Waals surface area contributed by atoms with E-state index in [0.717, 1.165) is 18.7 Å². The van der Waals surface area contributed by atoms with Gasteiger partial charge in [0.25, 0.3) is 0 Å². The van der Waals surface area contributed by atoms with E-state index in [-0.39, 0.29) is 6.54 Å². The van der Waals surface area contributed by atoms with E-state index in [1.54, 1.807) is 18.9 Å². The van der Waals surface area contributed by atoms with Gasteiger partial charge < -0.3 is 9.84 Å². The summed E-state index contributed by atoms with van der Waals surface area (Å²) < 4.78 is 4.92. The fourth-order valence-corrected chi connectivity index (χ4v) is 1.53. The highest BCUT2D eigenvalue weighted by molar-refractivity contribution is 7.98. The summed E-state index contributed by atoms with van der Waals surface area (Å²) >= 11 is 1.78. The predicted molar refractivity (Wildman–Crippen MR) is 59.0 cm³/mol. The maximum Gasteiger partial charge on any atom is 0.317 e. The molecule has 0 spiro atoms. The van der Waals surface area contributed by atoms with Crippen molar-refractivity contribution in [3.05, 3.63) is 0 Å². The van der Waals surface area contributed by atoms with Gasteiger partial charge in [0.2, 0.25) is 0 Å². The lowest BCUT2D eigenvalue weighted by atomic mass is 10.4. The second-order valence-corrected chi connectivity index (χ2v) is 3.99. The van der Waals surface area contributed by atoms with Crippen LogP contribution in [-0.4, -0.2) is 61.3 Å². The SMILES string of the molecule is COCCN(CCCSC)CC(=O)O. The fourth-order valence-electron chi connectivity index (χ4n) is 1.11. The molecule has 0 aromatic heterocycles. The largest absolute Gasteiger partial charge is 0.480 e. The molecule has 0 amide bonds. The average molecular weight is 221 g/mol. The highest BCUT2D eigenvalue weighted by atomic mass is 32.2. The van der Waals surface area contributed by atoms with Crippen LogP contribution in [0.15, 0.2) is 0 Å². The first-order valence-corrected chi connectivity index (χ1v) is 6.02. The number of rotatable bonds is 9. The normalized spacial score (nSPS) is 10.8. The lowest BCUT2D eigenvalue weighted by molar-refractivity contribution is -0.138. The van der Waals surface area contributed by atoms with Gasteiger partial charge in [-0.2, -0.15) is 11.8 Å². The Morgan fingerprint density at radius 3 is 2.71 bits per heavy atom. The van der Waals surface area contributed by atoms with E-state index in [9.17, 15) is 4.79 Å². The Labute approximate surface area is 89.6 Å². The van der Waals surface area contributed by atoms with Crippen LogP contribution in [0, 0.1) is 0 Å². The summed E-state index contributed by atoms with van der Waals surface area (Å²) in [6.45, 7) is 2.22. The molecule has 0 fully saturated rings. The molecule has 0 rings (SSSR count). The zero-order valence-electron chi connectivity index (χ0n) is 8.86. The maximum atomic E-state index is 10.5.